The van der Waals surface area contributed by atoms with Crippen LogP contribution in [0, 0.1) is 13.8 Å². The third-order valence-electron chi connectivity index (χ3n) is 5.42. The highest BCUT2D eigenvalue weighted by atomic mass is 35.5. The Labute approximate surface area is 182 Å². The molecule has 6 heteroatoms. The third-order valence-corrected chi connectivity index (χ3v) is 5.67. The van der Waals surface area contributed by atoms with Gasteiger partial charge in [-0.25, -0.2) is 4.79 Å². The second kappa shape index (κ2) is 9.83. The normalized spacial score (nSPS) is 10.9. The second-order valence-corrected chi connectivity index (χ2v) is 7.87. The van der Waals surface area contributed by atoms with E-state index < -0.39 is 5.97 Å². The summed E-state index contributed by atoms with van der Waals surface area (Å²) < 4.78 is 1.99. The van der Waals surface area contributed by atoms with Crippen molar-refractivity contribution in [3.63, 3.8) is 0 Å². The number of aromatic carboxylic acids is 1. The quantitative estimate of drug-likeness (QED) is 0.470. The summed E-state index contributed by atoms with van der Waals surface area (Å²) in [5, 5.41) is 13.9. The van der Waals surface area contributed by atoms with Crippen molar-refractivity contribution in [1.29, 1.82) is 0 Å². The van der Waals surface area contributed by atoms with Gasteiger partial charge in [0.15, 0.2) is 0 Å². The first-order valence-electron chi connectivity index (χ1n) is 10.1. The van der Waals surface area contributed by atoms with E-state index in [-0.39, 0.29) is 0 Å². The van der Waals surface area contributed by atoms with Gasteiger partial charge in [0, 0.05) is 53.5 Å². The molecule has 0 bridgehead atoms. The van der Waals surface area contributed by atoms with Crippen LogP contribution in [-0.2, 0) is 6.54 Å². The lowest BCUT2D eigenvalue weighted by atomic mass is 10.1. The van der Waals surface area contributed by atoms with Gasteiger partial charge in [0.25, 0.3) is 0 Å². The summed E-state index contributed by atoms with van der Waals surface area (Å²) in [7, 11) is 2.08. The van der Waals surface area contributed by atoms with Gasteiger partial charge in [-0.05, 0) is 63.2 Å². The summed E-state index contributed by atoms with van der Waals surface area (Å²) in [5.41, 5.74) is 4.96. The molecule has 0 unspecified atom stereocenters. The van der Waals surface area contributed by atoms with E-state index in [1.807, 2.05) is 60.9 Å². The van der Waals surface area contributed by atoms with Crippen LogP contribution in [0.1, 0.15) is 33.7 Å². The fourth-order valence-corrected chi connectivity index (χ4v) is 3.97. The highest BCUT2D eigenvalue weighted by Gasteiger charge is 2.23. The molecule has 1 aromatic heterocycles. The van der Waals surface area contributed by atoms with Crippen LogP contribution in [0.5, 0.6) is 0 Å². The molecule has 1 heterocycles. The van der Waals surface area contributed by atoms with Crippen LogP contribution in [0.3, 0.4) is 0 Å². The summed E-state index contributed by atoms with van der Waals surface area (Å²) in [6.45, 7) is 6.06. The number of nitrogens with one attached hydrogen (secondary N) is 1. The highest BCUT2D eigenvalue weighted by molar-refractivity contribution is 6.30. The molecule has 2 N–H and O–H groups in total. The lowest BCUT2D eigenvalue weighted by Crippen LogP contribution is -2.24. The molecule has 0 spiro atoms. The lowest BCUT2D eigenvalue weighted by Gasteiger charge is -2.19. The minimum Gasteiger partial charge on any atom is -0.478 e. The summed E-state index contributed by atoms with van der Waals surface area (Å²) in [6.07, 6.45) is 0.962. The summed E-state index contributed by atoms with van der Waals surface area (Å²) >= 11 is 6.01. The Bertz CT molecular complexity index is 998. The van der Waals surface area contributed by atoms with Gasteiger partial charge < -0.3 is 19.9 Å². The molecule has 0 radical (unpaired) electrons. The first-order chi connectivity index (χ1) is 14.4. The first kappa shape index (κ1) is 21.9. The number of aromatic nitrogens is 1. The van der Waals surface area contributed by atoms with E-state index in [0.717, 1.165) is 42.1 Å². The Hall–Kier alpha value is -2.76. The van der Waals surface area contributed by atoms with Crippen LogP contribution in [0.15, 0.2) is 54.6 Å². The van der Waals surface area contributed by atoms with Crippen LogP contribution in [0.25, 0.3) is 5.69 Å². The number of hydrogen-bond donors (Lipinski definition) is 2. The second-order valence-electron chi connectivity index (χ2n) is 7.43. The minimum atomic E-state index is -0.899. The van der Waals surface area contributed by atoms with E-state index in [2.05, 4.69) is 29.4 Å². The standard InChI is InChI=1S/C24H28ClN3O2/c1-17-22(16-26-14-7-15-27(3)20-8-5-4-6-9-20)23(24(29)30)18(2)28(17)21-12-10-19(25)11-13-21/h4-6,8-13,26H,7,14-16H2,1-3H3,(H,29,30). The molecule has 0 amide bonds. The molecule has 3 aromatic rings. The maximum atomic E-state index is 12.0. The van der Waals surface area contributed by atoms with Gasteiger partial charge in [-0.1, -0.05) is 29.8 Å². The molecule has 0 aliphatic heterocycles. The monoisotopic (exact) mass is 425 g/mol. The Morgan fingerprint density at radius 2 is 1.73 bits per heavy atom. The van der Waals surface area contributed by atoms with E-state index in [9.17, 15) is 9.90 Å². The molecule has 0 saturated carbocycles. The van der Waals surface area contributed by atoms with Crippen LogP contribution in [-0.4, -0.2) is 35.8 Å². The highest BCUT2D eigenvalue weighted by Crippen LogP contribution is 2.27. The van der Waals surface area contributed by atoms with Crippen molar-refractivity contribution in [2.24, 2.45) is 0 Å². The van der Waals surface area contributed by atoms with E-state index >= 15 is 0 Å². The summed E-state index contributed by atoms with van der Waals surface area (Å²) in [6, 6.07) is 17.7. The van der Waals surface area contributed by atoms with Crippen molar-refractivity contribution < 1.29 is 9.90 Å². The average Bonchev–Trinajstić information content (AvgIpc) is 2.99. The van der Waals surface area contributed by atoms with Gasteiger partial charge in [-0.3, -0.25) is 0 Å². The smallest absolute Gasteiger partial charge is 0.337 e. The number of para-hydroxylation sites is 1. The molecular formula is C24H28ClN3O2. The number of carboxylic acid groups (broad SMARTS) is 1. The number of anilines is 1. The van der Waals surface area contributed by atoms with Crippen molar-refractivity contribution in [2.75, 3.05) is 25.0 Å². The van der Waals surface area contributed by atoms with Crippen molar-refractivity contribution >= 4 is 23.3 Å². The number of carbonyl (C=O) groups is 1. The zero-order valence-corrected chi connectivity index (χ0v) is 18.4. The molecule has 0 saturated heterocycles. The van der Waals surface area contributed by atoms with Gasteiger partial charge in [0.2, 0.25) is 0 Å². The lowest BCUT2D eigenvalue weighted by molar-refractivity contribution is 0.0695. The zero-order valence-electron chi connectivity index (χ0n) is 17.7. The van der Waals surface area contributed by atoms with E-state index in [1.54, 1.807) is 0 Å². The van der Waals surface area contributed by atoms with Gasteiger partial charge in [0.1, 0.15) is 0 Å². The van der Waals surface area contributed by atoms with Crippen molar-refractivity contribution in [2.45, 2.75) is 26.8 Å². The van der Waals surface area contributed by atoms with Crippen molar-refractivity contribution in [3.8, 4) is 5.69 Å². The third kappa shape index (κ3) is 4.86. The molecule has 5 nitrogen and oxygen atoms in total. The van der Waals surface area contributed by atoms with E-state index in [1.165, 1.54) is 5.69 Å². The van der Waals surface area contributed by atoms with Crippen LogP contribution in [0.2, 0.25) is 5.02 Å². The van der Waals surface area contributed by atoms with Gasteiger partial charge >= 0.3 is 5.97 Å². The molecule has 30 heavy (non-hydrogen) atoms. The molecule has 0 fully saturated rings. The Kier molecular flexibility index (Phi) is 7.19. The first-order valence-corrected chi connectivity index (χ1v) is 10.4. The predicted octanol–water partition coefficient (Wildman–Crippen LogP) is 5.06. The van der Waals surface area contributed by atoms with Crippen LogP contribution >= 0.6 is 11.6 Å². The molecule has 0 aliphatic rings. The largest absolute Gasteiger partial charge is 0.478 e. The number of benzene rings is 2. The fourth-order valence-electron chi connectivity index (χ4n) is 3.84. The molecule has 2 aromatic carbocycles. The molecule has 0 atom stereocenters. The zero-order chi connectivity index (χ0) is 21.7. The Balaban J connectivity index is 1.67. The number of nitrogens with zero attached hydrogens (tertiary/aromatic N) is 2. The average molecular weight is 426 g/mol. The van der Waals surface area contributed by atoms with Crippen molar-refractivity contribution in [1.82, 2.24) is 9.88 Å². The maximum Gasteiger partial charge on any atom is 0.337 e. The predicted molar refractivity (Wildman–Crippen MR) is 123 cm³/mol. The molecular weight excluding hydrogens is 398 g/mol. The minimum absolute atomic E-state index is 0.372. The number of carboxylic acids is 1. The Morgan fingerprint density at radius 1 is 1.07 bits per heavy atom. The fraction of sp³-hybridized carbons (Fsp3) is 0.292. The SMILES string of the molecule is Cc1c(CNCCCN(C)c2ccccc2)c(C(=O)O)c(C)n1-c1ccc(Cl)cc1. The number of rotatable bonds is 9. The number of halogens is 1. The maximum absolute atomic E-state index is 12.0. The molecule has 158 valence electrons. The van der Waals surface area contributed by atoms with Gasteiger partial charge in [0.05, 0.1) is 5.56 Å². The Morgan fingerprint density at radius 3 is 2.37 bits per heavy atom. The summed E-state index contributed by atoms with van der Waals surface area (Å²) in [5.74, 6) is -0.899. The van der Waals surface area contributed by atoms with E-state index in [4.69, 9.17) is 11.6 Å². The topological polar surface area (TPSA) is 57.5 Å². The summed E-state index contributed by atoms with van der Waals surface area (Å²) in [4.78, 5) is 14.2. The van der Waals surface area contributed by atoms with Crippen molar-refractivity contribution in [3.05, 3.63) is 82.1 Å². The molecule has 3 rings (SSSR count). The van der Waals surface area contributed by atoms with Gasteiger partial charge in [-0.15, -0.1) is 0 Å². The number of hydrogen-bond acceptors (Lipinski definition) is 3. The van der Waals surface area contributed by atoms with E-state index in [0.29, 0.717) is 17.1 Å². The van der Waals surface area contributed by atoms with Crippen LogP contribution < -0.4 is 10.2 Å². The van der Waals surface area contributed by atoms with Gasteiger partial charge in [-0.2, -0.15) is 0 Å². The molecule has 0 aliphatic carbocycles. The van der Waals surface area contributed by atoms with Crippen LogP contribution in [0.4, 0.5) is 5.69 Å².